The third-order valence-electron chi connectivity index (χ3n) is 4.20. The highest BCUT2D eigenvalue weighted by Crippen LogP contribution is 2.30. The summed E-state index contributed by atoms with van der Waals surface area (Å²) in [6, 6.07) is 16.6. The zero-order valence-corrected chi connectivity index (χ0v) is 15.2. The van der Waals surface area contributed by atoms with E-state index >= 15 is 0 Å². The van der Waals surface area contributed by atoms with Crippen molar-refractivity contribution in [2.45, 2.75) is 6.92 Å². The van der Waals surface area contributed by atoms with Crippen LogP contribution in [0.4, 0.5) is 10.2 Å². The Morgan fingerprint density at radius 1 is 1.11 bits per heavy atom. The molecule has 0 spiro atoms. The van der Waals surface area contributed by atoms with Crippen LogP contribution < -0.4 is 5.32 Å². The number of rotatable bonds is 3. The van der Waals surface area contributed by atoms with E-state index in [1.54, 1.807) is 40.8 Å². The number of halogens is 2. The molecule has 2 heterocycles. The molecule has 6 heteroatoms. The van der Waals surface area contributed by atoms with Crippen LogP contribution in [0.5, 0.6) is 0 Å². The predicted octanol–water partition coefficient (Wildman–Crippen LogP) is 5.35. The molecule has 2 aromatic carbocycles. The van der Waals surface area contributed by atoms with Crippen molar-refractivity contribution in [3.63, 3.8) is 0 Å². The normalized spacial score (nSPS) is 10.9. The summed E-state index contributed by atoms with van der Waals surface area (Å²) in [5.41, 5.74) is 3.20. The van der Waals surface area contributed by atoms with Crippen molar-refractivity contribution in [1.82, 2.24) is 9.38 Å². The first-order valence-corrected chi connectivity index (χ1v) is 8.70. The van der Waals surface area contributed by atoms with Crippen LogP contribution in [0, 0.1) is 12.7 Å². The summed E-state index contributed by atoms with van der Waals surface area (Å²) < 4.78 is 15.5. The van der Waals surface area contributed by atoms with Crippen molar-refractivity contribution in [1.29, 1.82) is 0 Å². The largest absolute Gasteiger partial charge is 0.306 e. The van der Waals surface area contributed by atoms with E-state index in [-0.39, 0.29) is 11.7 Å². The number of hydrogen-bond donors (Lipinski definition) is 1. The lowest BCUT2D eigenvalue weighted by Gasteiger charge is -2.08. The molecule has 4 nitrogen and oxygen atoms in total. The molecule has 0 saturated heterocycles. The topological polar surface area (TPSA) is 46.4 Å². The number of hydrogen-bond acceptors (Lipinski definition) is 2. The Bertz CT molecular complexity index is 1170. The van der Waals surface area contributed by atoms with Gasteiger partial charge < -0.3 is 5.32 Å². The van der Waals surface area contributed by atoms with E-state index in [0.29, 0.717) is 33.3 Å². The third kappa shape index (κ3) is 3.41. The smallest absolute Gasteiger partial charge is 0.256 e. The summed E-state index contributed by atoms with van der Waals surface area (Å²) in [6.45, 7) is 1.96. The number of carbonyl (C=O) groups is 1. The quantitative estimate of drug-likeness (QED) is 0.521. The molecule has 0 aliphatic carbocycles. The van der Waals surface area contributed by atoms with Gasteiger partial charge in [-0.25, -0.2) is 9.37 Å². The van der Waals surface area contributed by atoms with Crippen molar-refractivity contribution in [3.8, 4) is 11.3 Å². The molecule has 134 valence electrons. The fourth-order valence-electron chi connectivity index (χ4n) is 2.91. The highest BCUT2D eigenvalue weighted by atomic mass is 35.5. The minimum atomic E-state index is -0.368. The molecule has 0 unspecified atom stereocenters. The summed E-state index contributed by atoms with van der Waals surface area (Å²) in [4.78, 5) is 17.3. The van der Waals surface area contributed by atoms with Gasteiger partial charge in [-0.15, -0.1) is 0 Å². The van der Waals surface area contributed by atoms with E-state index in [9.17, 15) is 9.18 Å². The molecule has 1 N–H and O–H groups in total. The van der Waals surface area contributed by atoms with E-state index in [1.807, 2.05) is 25.3 Å². The van der Waals surface area contributed by atoms with Gasteiger partial charge in [-0.1, -0.05) is 29.8 Å². The van der Waals surface area contributed by atoms with Crippen molar-refractivity contribution >= 4 is 29.0 Å². The van der Waals surface area contributed by atoms with Crippen LogP contribution in [0.1, 0.15) is 15.9 Å². The van der Waals surface area contributed by atoms with Crippen LogP contribution in [-0.2, 0) is 0 Å². The number of aromatic nitrogens is 2. The lowest BCUT2D eigenvalue weighted by Crippen LogP contribution is -2.14. The summed E-state index contributed by atoms with van der Waals surface area (Å²) >= 11 is 5.99. The first-order valence-electron chi connectivity index (χ1n) is 8.33. The van der Waals surface area contributed by atoms with Crippen LogP contribution in [0.2, 0.25) is 5.02 Å². The lowest BCUT2D eigenvalue weighted by atomic mass is 10.1. The number of nitrogens with zero attached hydrogens (tertiary/aromatic N) is 2. The molecular formula is C21H15ClFN3O. The first kappa shape index (κ1) is 17.2. The van der Waals surface area contributed by atoms with E-state index in [2.05, 4.69) is 10.3 Å². The van der Waals surface area contributed by atoms with E-state index in [1.165, 1.54) is 12.1 Å². The maximum absolute atomic E-state index is 13.7. The van der Waals surface area contributed by atoms with Crippen molar-refractivity contribution in [3.05, 3.63) is 88.8 Å². The molecule has 0 fully saturated rings. The van der Waals surface area contributed by atoms with Gasteiger partial charge in [-0.2, -0.15) is 0 Å². The second kappa shape index (κ2) is 6.85. The van der Waals surface area contributed by atoms with Crippen LogP contribution in [0.3, 0.4) is 0 Å². The Balaban J connectivity index is 1.85. The number of fused-ring (bicyclic) bond motifs is 1. The van der Waals surface area contributed by atoms with Crippen molar-refractivity contribution < 1.29 is 9.18 Å². The Hall–Kier alpha value is -3.18. The lowest BCUT2D eigenvalue weighted by molar-refractivity contribution is 0.102. The van der Waals surface area contributed by atoms with Crippen LogP contribution >= 0.6 is 11.6 Å². The molecule has 0 saturated carbocycles. The van der Waals surface area contributed by atoms with Crippen molar-refractivity contribution in [2.24, 2.45) is 0 Å². The molecule has 4 aromatic rings. The number of pyridine rings is 1. The van der Waals surface area contributed by atoms with Gasteiger partial charge in [0.15, 0.2) is 0 Å². The number of nitrogens with one attached hydrogen (secondary N) is 1. The van der Waals surface area contributed by atoms with E-state index < -0.39 is 0 Å². The Morgan fingerprint density at radius 3 is 2.70 bits per heavy atom. The van der Waals surface area contributed by atoms with Gasteiger partial charge in [0.05, 0.1) is 0 Å². The number of imidazole rings is 1. The minimum Gasteiger partial charge on any atom is -0.306 e. The van der Waals surface area contributed by atoms with Gasteiger partial charge in [-0.05, 0) is 55.0 Å². The maximum Gasteiger partial charge on any atom is 0.256 e. The van der Waals surface area contributed by atoms with Gasteiger partial charge in [0.25, 0.3) is 5.91 Å². The third-order valence-corrected chi connectivity index (χ3v) is 4.43. The average Bonchev–Trinajstić information content (AvgIpc) is 2.99. The monoisotopic (exact) mass is 379 g/mol. The van der Waals surface area contributed by atoms with Gasteiger partial charge in [0.1, 0.15) is 23.0 Å². The number of amides is 1. The summed E-state index contributed by atoms with van der Waals surface area (Å²) in [5, 5.41) is 3.37. The summed E-state index contributed by atoms with van der Waals surface area (Å²) in [7, 11) is 0. The number of anilines is 1. The summed E-state index contributed by atoms with van der Waals surface area (Å²) in [5.74, 6) is -0.217. The first-order chi connectivity index (χ1) is 13.0. The number of aryl methyl sites for hydroxylation is 1. The molecule has 0 radical (unpaired) electrons. The molecular weight excluding hydrogens is 365 g/mol. The standard InChI is InChI=1S/C21H15ClFN3O/c1-13-8-9-26-18(10-13)24-19(14-4-3-7-17(23)12-14)20(26)25-21(27)15-5-2-6-16(22)11-15/h2-12H,1H3,(H,25,27). The van der Waals surface area contributed by atoms with Crippen LogP contribution in [-0.4, -0.2) is 15.3 Å². The Kier molecular flexibility index (Phi) is 4.38. The van der Waals surface area contributed by atoms with Gasteiger partial charge in [0.2, 0.25) is 0 Å². The number of benzene rings is 2. The zero-order chi connectivity index (χ0) is 19.0. The molecule has 0 atom stereocenters. The zero-order valence-electron chi connectivity index (χ0n) is 14.4. The van der Waals surface area contributed by atoms with Gasteiger partial charge in [0, 0.05) is 22.3 Å². The van der Waals surface area contributed by atoms with Crippen molar-refractivity contribution in [2.75, 3.05) is 5.32 Å². The fraction of sp³-hybridized carbons (Fsp3) is 0.0476. The van der Waals surface area contributed by atoms with E-state index in [0.717, 1.165) is 5.56 Å². The number of carbonyl (C=O) groups excluding carboxylic acids is 1. The average molecular weight is 380 g/mol. The molecule has 27 heavy (non-hydrogen) atoms. The Labute approximate surface area is 160 Å². The maximum atomic E-state index is 13.7. The predicted molar refractivity (Wildman–Crippen MR) is 105 cm³/mol. The summed E-state index contributed by atoms with van der Waals surface area (Å²) in [6.07, 6.45) is 1.83. The molecule has 2 aromatic heterocycles. The highest BCUT2D eigenvalue weighted by molar-refractivity contribution is 6.31. The second-order valence-corrected chi connectivity index (χ2v) is 6.65. The molecule has 0 aliphatic rings. The Morgan fingerprint density at radius 2 is 1.93 bits per heavy atom. The van der Waals surface area contributed by atoms with Crippen LogP contribution in [0.15, 0.2) is 66.9 Å². The van der Waals surface area contributed by atoms with Gasteiger partial charge >= 0.3 is 0 Å². The molecule has 0 aliphatic heterocycles. The second-order valence-electron chi connectivity index (χ2n) is 6.22. The fourth-order valence-corrected chi connectivity index (χ4v) is 3.10. The van der Waals surface area contributed by atoms with E-state index in [4.69, 9.17) is 11.6 Å². The van der Waals surface area contributed by atoms with Crippen LogP contribution in [0.25, 0.3) is 16.9 Å². The minimum absolute atomic E-state index is 0.322. The molecule has 1 amide bonds. The SMILES string of the molecule is Cc1ccn2c(NC(=O)c3cccc(Cl)c3)c(-c3cccc(F)c3)nc2c1. The highest BCUT2D eigenvalue weighted by Gasteiger charge is 2.18. The molecule has 4 rings (SSSR count). The van der Waals surface area contributed by atoms with Gasteiger partial charge in [-0.3, -0.25) is 9.20 Å². The molecule has 0 bridgehead atoms.